The number of allylic oxidation sites excluding steroid dienone is 1. The fraction of sp³-hybridized carbons (Fsp3) is 0.769. The molecule has 2 heterocycles. The van der Waals surface area contributed by atoms with Crippen molar-refractivity contribution in [1.82, 2.24) is 10.2 Å². The van der Waals surface area contributed by atoms with Gasteiger partial charge in [-0.1, -0.05) is 12.2 Å². The number of nitrogens with one attached hydrogen (secondary N) is 1. The summed E-state index contributed by atoms with van der Waals surface area (Å²) < 4.78 is 39.9. The molecular formula is C26H38F2N2O7. The SMILES string of the molecule is CCOC(=O)[C@@]12C[C@H]1/C=C\CCC(F)(F)CC[C@H](CC(=O)OC(C)(C)C)C(=O)N1C[C@H](O)C[C@H]1C(=O)N2. The van der Waals surface area contributed by atoms with Crippen LogP contribution in [-0.2, 0) is 28.7 Å². The molecular weight excluding hydrogens is 490 g/mol. The molecule has 0 aromatic carbocycles. The van der Waals surface area contributed by atoms with Crippen LogP contribution in [0, 0.1) is 11.8 Å². The van der Waals surface area contributed by atoms with Crippen LogP contribution < -0.4 is 5.32 Å². The van der Waals surface area contributed by atoms with Crippen molar-refractivity contribution in [1.29, 1.82) is 0 Å². The van der Waals surface area contributed by atoms with Crippen LogP contribution in [-0.4, -0.2) is 76.1 Å². The van der Waals surface area contributed by atoms with Crippen LogP contribution in [0.1, 0.15) is 72.6 Å². The second kappa shape index (κ2) is 11.0. The van der Waals surface area contributed by atoms with E-state index in [0.29, 0.717) is 0 Å². The van der Waals surface area contributed by atoms with Gasteiger partial charge < -0.3 is 24.8 Å². The number of ether oxygens (including phenoxy) is 2. The first-order valence-corrected chi connectivity index (χ1v) is 12.9. The number of aliphatic hydroxyl groups is 1. The minimum absolute atomic E-state index is 0.0436. The van der Waals surface area contributed by atoms with Gasteiger partial charge in [-0.05, 0) is 47.0 Å². The van der Waals surface area contributed by atoms with Crippen LogP contribution in [0.2, 0.25) is 0 Å². The lowest BCUT2D eigenvalue weighted by atomic mass is 9.93. The third kappa shape index (κ3) is 7.27. The number of nitrogens with zero attached hydrogens (tertiary/aromatic N) is 1. The quantitative estimate of drug-likeness (QED) is 0.425. The van der Waals surface area contributed by atoms with Gasteiger partial charge in [-0.15, -0.1) is 0 Å². The maximum Gasteiger partial charge on any atom is 0.332 e. The number of fused-ring (bicyclic) bond motifs is 2. The highest BCUT2D eigenvalue weighted by Crippen LogP contribution is 2.46. The first-order chi connectivity index (χ1) is 17.2. The first-order valence-electron chi connectivity index (χ1n) is 12.9. The Bertz CT molecular complexity index is 932. The van der Waals surface area contributed by atoms with Gasteiger partial charge >= 0.3 is 11.9 Å². The molecule has 3 rings (SSSR count). The monoisotopic (exact) mass is 528 g/mol. The number of aliphatic hydroxyl groups excluding tert-OH is 1. The van der Waals surface area contributed by atoms with Crippen molar-refractivity contribution >= 4 is 23.8 Å². The molecule has 0 radical (unpaired) electrons. The van der Waals surface area contributed by atoms with Crippen LogP contribution in [0.3, 0.4) is 0 Å². The molecule has 0 aromatic rings. The van der Waals surface area contributed by atoms with Crippen molar-refractivity contribution in [3.8, 4) is 0 Å². The molecule has 0 spiro atoms. The molecule has 2 amide bonds. The molecule has 0 bridgehead atoms. The fourth-order valence-electron chi connectivity index (χ4n) is 5.02. The lowest BCUT2D eigenvalue weighted by molar-refractivity contribution is -0.159. The summed E-state index contributed by atoms with van der Waals surface area (Å²) in [6.45, 7) is 6.52. The Morgan fingerprint density at radius 3 is 2.59 bits per heavy atom. The Morgan fingerprint density at radius 1 is 1.24 bits per heavy atom. The van der Waals surface area contributed by atoms with E-state index in [9.17, 15) is 33.1 Å². The Hall–Kier alpha value is -2.56. The fourth-order valence-corrected chi connectivity index (χ4v) is 5.02. The highest BCUT2D eigenvalue weighted by molar-refractivity contribution is 5.96. The Morgan fingerprint density at radius 2 is 1.95 bits per heavy atom. The topological polar surface area (TPSA) is 122 Å². The zero-order valence-corrected chi connectivity index (χ0v) is 21.9. The molecule has 2 aliphatic heterocycles. The number of hydrogen-bond acceptors (Lipinski definition) is 7. The molecule has 3 aliphatic rings. The van der Waals surface area contributed by atoms with Gasteiger partial charge in [0.05, 0.1) is 19.1 Å². The number of esters is 2. The molecule has 1 aliphatic carbocycles. The molecule has 11 heteroatoms. The molecule has 2 N–H and O–H groups in total. The van der Waals surface area contributed by atoms with Crippen LogP contribution in [0.15, 0.2) is 12.2 Å². The van der Waals surface area contributed by atoms with Crippen LogP contribution in [0.25, 0.3) is 0 Å². The van der Waals surface area contributed by atoms with E-state index in [1.807, 2.05) is 0 Å². The average Bonchev–Trinajstić information content (AvgIpc) is 3.33. The van der Waals surface area contributed by atoms with E-state index in [0.717, 1.165) is 4.90 Å². The predicted molar refractivity (Wildman–Crippen MR) is 128 cm³/mol. The second-order valence-electron chi connectivity index (χ2n) is 11.2. The van der Waals surface area contributed by atoms with Crippen LogP contribution in [0.4, 0.5) is 8.78 Å². The highest BCUT2D eigenvalue weighted by atomic mass is 19.3. The summed E-state index contributed by atoms with van der Waals surface area (Å²) in [5.74, 6) is -7.32. The van der Waals surface area contributed by atoms with Gasteiger partial charge in [0.15, 0.2) is 0 Å². The molecule has 5 atom stereocenters. The van der Waals surface area contributed by atoms with E-state index in [1.54, 1.807) is 39.8 Å². The minimum Gasteiger partial charge on any atom is -0.464 e. The van der Waals surface area contributed by atoms with Gasteiger partial charge in [-0.25, -0.2) is 13.6 Å². The van der Waals surface area contributed by atoms with Crippen molar-refractivity contribution < 1.29 is 42.5 Å². The van der Waals surface area contributed by atoms with Crippen molar-refractivity contribution in [2.24, 2.45) is 11.8 Å². The number of carbonyl (C=O) groups is 4. The van der Waals surface area contributed by atoms with E-state index >= 15 is 0 Å². The number of amides is 2. The number of carbonyl (C=O) groups excluding carboxylic acids is 4. The van der Waals surface area contributed by atoms with Crippen LogP contribution >= 0.6 is 0 Å². The van der Waals surface area contributed by atoms with Crippen molar-refractivity contribution in [3.63, 3.8) is 0 Å². The van der Waals surface area contributed by atoms with Gasteiger partial charge in [0.1, 0.15) is 17.2 Å². The van der Waals surface area contributed by atoms with Crippen molar-refractivity contribution in [2.75, 3.05) is 13.2 Å². The molecule has 1 saturated carbocycles. The summed E-state index contributed by atoms with van der Waals surface area (Å²) in [5, 5.41) is 13.0. The highest BCUT2D eigenvalue weighted by Gasteiger charge is 2.62. The summed E-state index contributed by atoms with van der Waals surface area (Å²) in [6.07, 6.45) is 0.605. The number of rotatable bonds is 4. The molecule has 0 unspecified atom stereocenters. The Labute approximate surface area is 215 Å². The average molecular weight is 529 g/mol. The van der Waals surface area contributed by atoms with Gasteiger partial charge in [0, 0.05) is 37.6 Å². The molecule has 208 valence electrons. The Kier molecular flexibility index (Phi) is 8.66. The van der Waals surface area contributed by atoms with Crippen molar-refractivity contribution in [2.45, 2.75) is 102 Å². The predicted octanol–water partition coefficient (Wildman–Crippen LogP) is 2.50. The summed E-state index contributed by atoms with van der Waals surface area (Å²) >= 11 is 0. The van der Waals surface area contributed by atoms with Gasteiger partial charge in [-0.2, -0.15) is 0 Å². The maximum atomic E-state index is 14.7. The van der Waals surface area contributed by atoms with Gasteiger partial charge in [-0.3, -0.25) is 14.4 Å². The van der Waals surface area contributed by atoms with Crippen molar-refractivity contribution in [3.05, 3.63) is 12.2 Å². The third-order valence-corrected chi connectivity index (χ3v) is 6.95. The smallest absolute Gasteiger partial charge is 0.332 e. The van der Waals surface area contributed by atoms with Crippen LogP contribution in [0.5, 0.6) is 0 Å². The zero-order valence-electron chi connectivity index (χ0n) is 21.9. The lowest BCUT2D eigenvalue weighted by Crippen LogP contribution is -2.54. The normalized spacial score (nSPS) is 33.2. The largest absolute Gasteiger partial charge is 0.464 e. The standard InChI is InChI=1S/C26H38F2N2O7/c1-5-36-23(35)26-14-17(26)8-6-7-10-25(27,28)11-9-16(12-20(32)37-24(2,3)4)22(34)30-15-18(31)13-19(30)21(33)29-26/h6,8,16-19,31H,5,7,9-15H2,1-4H3,(H,29,33)/b8-6-/t16-,17-,18-,19+,26-/m1/s1. The Balaban J connectivity index is 1.91. The number of alkyl halides is 2. The van der Waals surface area contributed by atoms with E-state index in [-0.39, 0.29) is 38.8 Å². The number of hydrogen-bond donors (Lipinski definition) is 2. The number of halogens is 2. The summed E-state index contributed by atoms with van der Waals surface area (Å²) in [4.78, 5) is 53.3. The minimum atomic E-state index is -3.09. The summed E-state index contributed by atoms with van der Waals surface area (Å²) in [5.41, 5.74) is -2.17. The summed E-state index contributed by atoms with van der Waals surface area (Å²) in [6, 6.07) is -1.12. The molecule has 1 saturated heterocycles. The van der Waals surface area contributed by atoms with Gasteiger partial charge in [0.2, 0.25) is 17.7 Å². The summed E-state index contributed by atoms with van der Waals surface area (Å²) in [7, 11) is 0. The van der Waals surface area contributed by atoms with Gasteiger partial charge in [0.25, 0.3) is 0 Å². The van der Waals surface area contributed by atoms with E-state index in [2.05, 4.69) is 5.32 Å². The lowest BCUT2D eigenvalue weighted by Gasteiger charge is -2.30. The van der Waals surface area contributed by atoms with E-state index in [4.69, 9.17) is 9.47 Å². The van der Waals surface area contributed by atoms with E-state index in [1.165, 1.54) is 0 Å². The molecule has 37 heavy (non-hydrogen) atoms. The maximum absolute atomic E-state index is 14.7. The first kappa shape index (κ1) is 29.0. The third-order valence-electron chi connectivity index (χ3n) is 6.95. The van der Waals surface area contributed by atoms with E-state index < -0.39 is 84.1 Å². The second-order valence-corrected chi connectivity index (χ2v) is 11.2. The molecule has 0 aromatic heterocycles. The molecule has 2 fully saturated rings. The molecule has 9 nitrogen and oxygen atoms in total. The zero-order chi connectivity index (χ0) is 27.6.